The Kier molecular flexibility index (Phi) is 3.75. The van der Waals surface area contributed by atoms with Gasteiger partial charge in [0.15, 0.2) is 0 Å². The van der Waals surface area contributed by atoms with Crippen LogP contribution in [-0.4, -0.2) is 17.4 Å². The summed E-state index contributed by atoms with van der Waals surface area (Å²) in [5.74, 6) is 1.20. The van der Waals surface area contributed by atoms with Crippen LogP contribution in [0.4, 0.5) is 14.5 Å². The minimum Gasteiger partial charge on any atom is -0.435 e. The standard InChI is InChI=1S/C18H20ClF2NO2/c19-18-8-11-5-12(9-18)7-17(6-11,10-18)15(23)22-13-1-3-14(4-2-13)24-16(20)21/h1-4,11-12,16H,5-10H2,(H,22,23). The van der Waals surface area contributed by atoms with Crippen molar-refractivity contribution in [1.82, 2.24) is 0 Å². The lowest BCUT2D eigenvalue weighted by molar-refractivity contribution is -0.138. The van der Waals surface area contributed by atoms with E-state index in [1.165, 1.54) is 18.6 Å². The molecule has 4 fully saturated rings. The fraction of sp³-hybridized carbons (Fsp3) is 0.611. The van der Waals surface area contributed by atoms with Crippen molar-refractivity contribution in [2.75, 3.05) is 5.32 Å². The molecule has 1 amide bonds. The van der Waals surface area contributed by atoms with Gasteiger partial charge in [-0.1, -0.05) is 0 Å². The highest BCUT2D eigenvalue weighted by Crippen LogP contribution is 2.64. The van der Waals surface area contributed by atoms with Crippen LogP contribution in [-0.2, 0) is 4.79 Å². The zero-order valence-electron chi connectivity index (χ0n) is 13.2. The average molecular weight is 356 g/mol. The van der Waals surface area contributed by atoms with Crippen LogP contribution in [0.3, 0.4) is 0 Å². The van der Waals surface area contributed by atoms with E-state index in [-0.39, 0.29) is 21.9 Å². The van der Waals surface area contributed by atoms with Gasteiger partial charge < -0.3 is 10.1 Å². The fourth-order valence-electron chi connectivity index (χ4n) is 5.40. The van der Waals surface area contributed by atoms with E-state index in [2.05, 4.69) is 10.1 Å². The predicted octanol–water partition coefficient (Wildman–Crippen LogP) is 4.80. The van der Waals surface area contributed by atoms with Gasteiger partial charge in [-0.2, -0.15) is 8.78 Å². The number of alkyl halides is 3. The Balaban J connectivity index is 1.48. The molecular formula is C18H20ClF2NO2. The topological polar surface area (TPSA) is 38.3 Å². The molecule has 2 atom stereocenters. The maximum Gasteiger partial charge on any atom is 0.387 e. The first-order chi connectivity index (χ1) is 11.4. The van der Waals surface area contributed by atoms with Crippen molar-refractivity contribution in [1.29, 1.82) is 0 Å². The van der Waals surface area contributed by atoms with Crippen molar-refractivity contribution < 1.29 is 18.3 Å². The van der Waals surface area contributed by atoms with E-state index in [0.717, 1.165) is 32.1 Å². The first-order valence-corrected chi connectivity index (χ1v) is 8.79. The number of amides is 1. The van der Waals surface area contributed by atoms with Gasteiger partial charge >= 0.3 is 6.61 Å². The number of ether oxygens (including phenoxy) is 1. The van der Waals surface area contributed by atoms with E-state index in [4.69, 9.17) is 11.6 Å². The number of hydrogen-bond acceptors (Lipinski definition) is 2. The smallest absolute Gasteiger partial charge is 0.387 e. The van der Waals surface area contributed by atoms with E-state index in [9.17, 15) is 13.6 Å². The summed E-state index contributed by atoms with van der Waals surface area (Å²) in [4.78, 5) is 12.7. The van der Waals surface area contributed by atoms with Crippen LogP contribution in [0, 0.1) is 17.3 Å². The van der Waals surface area contributed by atoms with E-state index >= 15 is 0 Å². The summed E-state index contributed by atoms with van der Waals surface area (Å²) in [5, 5.41) is 2.96. The molecule has 4 saturated carbocycles. The number of benzene rings is 1. The van der Waals surface area contributed by atoms with Crippen molar-refractivity contribution in [3.63, 3.8) is 0 Å². The SMILES string of the molecule is O=C(Nc1ccc(OC(F)F)cc1)C12CC3CC(CC(Cl)(C3)C1)C2. The first-order valence-electron chi connectivity index (χ1n) is 8.41. The average Bonchev–Trinajstić information content (AvgIpc) is 2.46. The second kappa shape index (κ2) is 5.58. The molecular weight excluding hydrogens is 336 g/mol. The number of carbonyl (C=O) groups excluding carboxylic acids is 1. The normalized spacial score (nSPS) is 36.8. The van der Waals surface area contributed by atoms with Gasteiger partial charge in [-0.25, -0.2) is 0 Å². The number of halogens is 3. The number of anilines is 1. The van der Waals surface area contributed by atoms with Crippen LogP contribution in [0.2, 0.25) is 0 Å². The third kappa shape index (κ3) is 2.87. The molecule has 0 spiro atoms. The van der Waals surface area contributed by atoms with Gasteiger partial charge in [0.25, 0.3) is 0 Å². The lowest BCUT2D eigenvalue weighted by Gasteiger charge is -2.59. The van der Waals surface area contributed by atoms with Gasteiger partial charge in [0.2, 0.25) is 5.91 Å². The highest BCUT2D eigenvalue weighted by molar-refractivity contribution is 6.24. The zero-order chi connectivity index (χ0) is 16.9. The molecule has 0 saturated heterocycles. The van der Waals surface area contributed by atoms with E-state index < -0.39 is 6.61 Å². The third-order valence-corrected chi connectivity index (χ3v) is 6.25. The highest BCUT2D eigenvalue weighted by Gasteiger charge is 2.60. The Hall–Kier alpha value is -1.36. The van der Waals surface area contributed by atoms with Crippen molar-refractivity contribution in [3.8, 4) is 5.75 Å². The summed E-state index contributed by atoms with van der Waals surface area (Å²) >= 11 is 6.77. The quantitative estimate of drug-likeness (QED) is 0.787. The summed E-state index contributed by atoms with van der Waals surface area (Å²) in [5.41, 5.74) is 0.227. The minimum absolute atomic E-state index is 0.0177. The maximum atomic E-state index is 12.9. The van der Waals surface area contributed by atoms with Crippen LogP contribution in [0.15, 0.2) is 24.3 Å². The lowest BCUT2D eigenvalue weighted by Crippen LogP contribution is -2.57. The van der Waals surface area contributed by atoms with Gasteiger partial charge in [-0.15, -0.1) is 11.6 Å². The van der Waals surface area contributed by atoms with E-state index in [1.807, 2.05) is 0 Å². The Morgan fingerprint density at radius 1 is 1.17 bits per heavy atom. The molecule has 1 N–H and O–H groups in total. The summed E-state index contributed by atoms with van der Waals surface area (Å²) in [6.07, 6.45) is 5.82. The van der Waals surface area contributed by atoms with Crippen molar-refractivity contribution in [3.05, 3.63) is 24.3 Å². The highest BCUT2D eigenvalue weighted by atomic mass is 35.5. The largest absolute Gasteiger partial charge is 0.435 e. The molecule has 1 aromatic rings. The minimum atomic E-state index is -2.85. The molecule has 0 aliphatic heterocycles. The molecule has 3 nitrogen and oxygen atoms in total. The van der Waals surface area contributed by atoms with Crippen LogP contribution in [0.1, 0.15) is 38.5 Å². The summed E-state index contributed by atoms with van der Waals surface area (Å²) in [6.45, 7) is -2.85. The summed E-state index contributed by atoms with van der Waals surface area (Å²) < 4.78 is 28.7. The molecule has 1 aromatic carbocycles. The molecule has 4 aliphatic carbocycles. The number of nitrogens with one attached hydrogen (secondary N) is 1. The molecule has 4 aliphatic rings. The lowest BCUT2D eigenvalue weighted by atomic mass is 9.49. The molecule has 0 heterocycles. The number of carbonyl (C=O) groups is 1. The zero-order valence-corrected chi connectivity index (χ0v) is 14.0. The number of rotatable bonds is 4. The number of hydrogen-bond donors (Lipinski definition) is 1. The van der Waals surface area contributed by atoms with E-state index in [0.29, 0.717) is 17.5 Å². The van der Waals surface area contributed by atoms with Gasteiger partial charge in [0.1, 0.15) is 5.75 Å². The van der Waals surface area contributed by atoms with Crippen LogP contribution in [0.5, 0.6) is 5.75 Å². The van der Waals surface area contributed by atoms with Crippen molar-refractivity contribution in [2.45, 2.75) is 50.0 Å². The monoisotopic (exact) mass is 355 g/mol. The molecule has 0 radical (unpaired) electrons. The summed E-state index contributed by atoms with van der Waals surface area (Å²) in [7, 11) is 0. The van der Waals surface area contributed by atoms with Crippen molar-refractivity contribution >= 4 is 23.2 Å². The molecule has 5 rings (SSSR count). The third-order valence-electron chi connectivity index (χ3n) is 5.81. The predicted molar refractivity (Wildman–Crippen MR) is 87.4 cm³/mol. The first kappa shape index (κ1) is 16.1. The van der Waals surface area contributed by atoms with Crippen LogP contribution >= 0.6 is 11.6 Å². The van der Waals surface area contributed by atoms with Gasteiger partial charge in [0.05, 0.1) is 5.41 Å². The van der Waals surface area contributed by atoms with Crippen LogP contribution < -0.4 is 10.1 Å². The molecule has 130 valence electrons. The van der Waals surface area contributed by atoms with E-state index in [1.54, 1.807) is 12.1 Å². The Morgan fingerprint density at radius 3 is 2.33 bits per heavy atom. The Bertz CT molecular complexity index is 635. The molecule has 4 bridgehead atoms. The Morgan fingerprint density at radius 2 is 1.79 bits per heavy atom. The van der Waals surface area contributed by atoms with Gasteiger partial charge in [-0.05, 0) is 74.6 Å². The second-order valence-electron chi connectivity index (χ2n) is 7.75. The molecule has 0 aromatic heterocycles. The molecule has 24 heavy (non-hydrogen) atoms. The Labute approximate surface area is 144 Å². The van der Waals surface area contributed by atoms with Crippen molar-refractivity contribution in [2.24, 2.45) is 17.3 Å². The van der Waals surface area contributed by atoms with Gasteiger partial charge in [-0.3, -0.25) is 4.79 Å². The maximum absolute atomic E-state index is 12.9. The molecule has 2 unspecified atom stereocenters. The molecule has 6 heteroatoms. The van der Waals surface area contributed by atoms with Gasteiger partial charge in [0, 0.05) is 10.6 Å². The second-order valence-corrected chi connectivity index (χ2v) is 8.55. The summed E-state index contributed by atoms with van der Waals surface area (Å²) in [6, 6.07) is 6.05. The fourth-order valence-corrected chi connectivity index (χ4v) is 6.09. The van der Waals surface area contributed by atoms with Crippen LogP contribution in [0.25, 0.3) is 0 Å².